The molecule has 1 aliphatic rings. The van der Waals surface area contributed by atoms with Crippen molar-refractivity contribution in [2.75, 3.05) is 0 Å². The van der Waals surface area contributed by atoms with E-state index in [4.69, 9.17) is 0 Å². The topological polar surface area (TPSA) is 47.8 Å². The molecule has 4 heteroatoms. The van der Waals surface area contributed by atoms with Crippen LogP contribution in [0, 0.1) is 6.92 Å². The normalized spacial score (nSPS) is 15.4. The molecule has 1 fully saturated rings. The van der Waals surface area contributed by atoms with E-state index in [0.717, 1.165) is 30.5 Å². The van der Waals surface area contributed by atoms with Crippen molar-refractivity contribution in [2.24, 2.45) is 0 Å². The molecule has 92 valence electrons. The highest BCUT2D eigenvalue weighted by Crippen LogP contribution is 2.37. The number of hydrogen-bond acceptors (Lipinski definition) is 3. The highest BCUT2D eigenvalue weighted by molar-refractivity contribution is 5.74. The average molecular weight is 241 g/mol. The number of carbonyl (C=O) groups is 1. The lowest BCUT2D eigenvalue weighted by atomic mass is 9.82. The molecule has 18 heavy (non-hydrogen) atoms. The van der Waals surface area contributed by atoms with Crippen LogP contribution in [-0.4, -0.2) is 21.3 Å². The van der Waals surface area contributed by atoms with Gasteiger partial charge in [0.2, 0.25) is 0 Å². The van der Waals surface area contributed by atoms with E-state index < -0.39 is 0 Å². The molecule has 0 bridgehead atoms. The minimum atomic E-state index is 0.432. The van der Waals surface area contributed by atoms with Crippen LogP contribution in [0.4, 0.5) is 0 Å². The van der Waals surface area contributed by atoms with E-state index in [9.17, 15) is 4.79 Å². The van der Waals surface area contributed by atoms with Gasteiger partial charge < -0.3 is 0 Å². The second kappa shape index (κ2) is 4.37. The molecule has 0 N–H and O–H groups in total. The zero-order valence-corrected chi connectivity index (χ0v) is 10.3. The Bertz CT molecular complexity index is 567. The second-order valence-corrected chi connectivity index (χ2v) is 4.85. The van der Waals surface area contributed by atoms with Crippen LogP contribution in [0.2, 0.25) is 0 Å². The van der Waals surface area contributed by atoms with Crippen molar-refractivity contribution >= 4 is 6.29 Å². The van der Waals surface area contributed by atoms with Crippen LogP contribution in [-0.2, 0) is 0 Å². The number of aldehydes is 1. The van der Waals surface area contributed by atoms with Crippen LogP contribution in [0.5, 0.6) is 0 Å². The van der Waals surface area contributed by atoms with Gasteiger partial charge in [0, 0.05) is 5.92 Å². The highest BCUT2D eigenvalue weighted by Gasteiger charge is 2.27. The summed E-state index contributed by atoms with van der Waals surface area (Å²) >= 11 is 0. The highest BCUT2D eigenvalue weighted by atomic mass is 16.1. The van der Waals surface area contributed by atoms with Crippen LogP contribution in [0.25, 0.3) is 5.69 Å². The lowest BCUT2D eigenvalue weighted by Gasteiger charge is -2.26. The quantitative estimate of drug-likeness (QED) is 0.776. The van der Waals surface area contributed by atoms with Crippen molar-refractivity contribution in [3.05, 3.63) is 41.2 Å². The zero-order valence-electron chi connectivity index (χ0n) is 10.3. The number of aryl methyl sites for hydroxylation is 1. The van der Waals surface area contributed by atoms with Crippen LogP contribution in [0.3, 0.4) is 0 Å². The van der Waals surface area contributed by atoms with Crippen LogP contribution >= 0.6 is 0 Å². The molecule has 0 atom stereocenters. The maximum absolute atomic E-state index is 11.1. The molecule has 0 amide bonds. The Morgan fingerprint density at radius 1 is 1.28 bits per heavy atom. The minimum Gasteiger partial charge on any atom is -0.296 e. The molecular weight excluding hydrogens is 226 g/mol. The summed E-state index contributed by atoms with van der Waals surface area (Å²) in [6, 6.07) is 8.12. The summed E-state index contributed by atoms with van der Waals surface area (Å²) in [6.45, 7) is 2.05. The molecule has 0 spiro atoms. The molecule has 4 nitrogen and oxygen atoms in total. The van der Waals surface area contributed by atoms with Gasteiger partial charge in [-0.2, -0.15) is 0 Å². The molecule has 0 aliphatic heterocycles. The fourth-order valence-electron chi connectivity index (χ4n) is 2.33. The molecule has 1 aliphatic carbocycles. The lowest BCUT2D eigenvalue weighted by Crippen LogP contribution is -2.15. The van der Waals surface area contributed by atoms with Gasteiger partial charge in [-0.3, -0.25) is 4.79 Å². The van der Waals surface area contributed by atoms with Crippen molar-refractivity contribution in [3.8, 4) is 5.69 Å². The third-order valence-electron chi connectivity index (χ3n) is 3.61. The SMILES string of the molecule is Cc1ccc(-n2nnc(C=O)c2C2CCC2)cc1. The van der Waals surface area contributed by atoms with E-state index in [0.29, 0.717) is 11.6 Å². The maximum Gasteiger partial charge on any atom is 0.172 e. The molecule has 0 saturated heterocycles. The van der Waals surface area contributed by atoms with Gasteiger partial charge in [0.15, 0.2) is 6.29 Å². The Labute approximate surface area is 106 Å². The summed E-state index contributed by atoms with van der Waals surface area (Å²) in [5.41, 5.74) is 3.64. The molecule has 0 unspecified atom stereocenters. The lowest BCUT2D eigenvalue weighted by molar-refractivity contribution is 0.111. The largest absolute Gasteiger partial charge is 0.296 e. The van der Waals surface area contributed by atoms with Gasteiger partial charge in [-0.15, -0.1) is 5.10 Å². The first-order chi connectivity index (χ1) is 8.79. The van der Waals surface area contributed by atoms with Crippen molar-refractivity contribution in [2.45, 2.75) is 32.1 Å². The fourth-order valence-corrected chi connectivity index (χ4v) is 2.33. The molecule has 1 aromatic heterocycles. The summed E-state index contributed by atoms with van der Waals surface area (Å²) < 4.78 is 1.81. The molecule has 1 heterocycles. The zero-order chi connectivity index (χ0) is 12.5. The van der Waals surface area contributed by atoms with Crippen molar-refractivity contribution in [3.63, 3.8) is 0 Å². The molecule has 1 aromatic carbocycles. The standard InChI is InChI=1S/C14H15N3O/c1-10-5-7-12(8-6-10)17-14(11-3-2-4-11)13(9-18)15-16-17/h5-9,11H,2-4H2,1H3. The predicted molar refractivity (Wildman–Crippen MR) is 68.1 cm³/mol. The molecular formula is C14H15N3O. The van der Waals surface area contributed by atoms with Gasteiger partial charge in [0.1, 0.15) is 5.69 Å². The first-order valence-corrected chi connectivity index (χ1v) is 6.27. The Morgan fingerprint density at radius 2 is 2.00 bits per heavy atom. The van der Waals surface area contributed by atoms with Gasteiger partial charge in [0.25, 0.3) is 0 Å². The number of nitrogens with zero attached hydrogens (tertiary/aromatic N) is 3. The third kappa shape index (κ3) is 1.74. The summed E-state index contributed by atoms with van der Waals surface area (Å²) in [5.74, 6) is 0.432. The Morgan fingerprint density at radius 3 is 2.56 bits per heavy atom. The smallest absolute Gasteiger partial charge is 0.172 e. The van der Waals surface area contributed by atoms with Gasteiger partial charge >= 0.3 is 0 Å². The minimum absolute atomic E-state index is 0.432. The monoisotopic (exact) mass is 241 g/mol. The Balaban J connectivity index is 2.08. The summed E-state index contributed by atoms with van der Waals surface area (Å²) in [4.78, 5) is 11.1. The van der Waals surface area contributed by atoms with Crippen molar-refractivity contribution in [1.29, 1.82) is 0 Å². The number of aromatic nitrogens is 3. The molecule has 2 aromatic rings. The summed E-state index contributed by atoms with van der Waals surface area (Å²) in [5, 5.41) is 8.11. The summed E-state index contributed by atoms with van der Waals surface area (Å²) in [6.07, 6.45) is 4.29. The van der Waals surface area contributed by atoms with Gasteiger partial charge in [0.05, 0.1) is 11.4 Å². The van der Waals surface area contributed by atoms with Crippen LogP contribution in [0.15, 0.2) is 24.3 Å². The third-order valence-corrected chi connectivity index (χ3v) is 3.61. The molecule has 0 radical (unpaired) electrons. The Hall–Kier alpha value is -1.97. The van der Waals surface area contributed by atoms with E-state index in [1.165, 1.54) is 12.0 Å². The van der Waals surface area contributed by atoms with Gasteiger partial charge in [-0.25, -0.2) is 4.68 Å². The van der Waals surface area contributed by atoms with Crippen LogP contribution in [0.1, 0.15) is 46.9 Å². The average Bonchev–Trinajstić information content (AvgIpc) is 2.72. The first kappa shape index (κ1) is 11.1. The first-order valence-electron chi connectivity index (χ1n) is 6.27. The fraction of sp³-hybridized carbons (Fsp3) is 0.357. The number of benzene rings is 1. The molecule has 1 saturated carbocycles. The van der Waals surface area contributed by atoms with E-state index >= 15 is 0 Å². The maximum atomic E-state index is 11.1. The van der Waals surface area contributed by atoms with Crippen LogP contribution < -0.4 is 0 Å². The van der Waals surface area contributed by atoms with E-state index in [2.05, 4.69) is 17.2 Å². The predicted octanol–water partition coefficient (Wildman–Crippen LogP) is 2.66. The van der Waals surface area contributed by atoms with Crippen molar-refractivity contribution < 1.29 is 4.79 Å². The molecule has 3 rings (SSSR count). The Kier molecular flexibility index (Phi) is 2.70. The number of rotatable bonds is 3. The van der Waals surface area contributed by atoms with E-state index in [-0.39, 0.29) is 0 Å². The van der Waals surface area contributed by atoms with Crippen molar-refractivity contribution in [1.82, 2.24) is 15.0 Å². The number of hydrogen-bond donors (Lipinski definition) is 0. The van der Waals surface area contributed by atoms with E-state index in [1.807, 2.05) is 28.9 Å². The number of carbonyl (C=O) groups excluding carboxylic acids is 1. The van der Waals surface area contributed by atoms with Gasteiger partial charge in [-0.05, 0) is 31.9 Å². The second-order valence-electron chi connectivity index (χ2n) is 4.85. The summed E-state index contributed by atoms with van der Waals surface area (Å²) in [7, 11) is 0. The van der Waals surface area contributed by atoms with Gasteiger partial charge in [-0.1, -0.05) is 29.3 Å². The van der Waals surface area contributed by atoms with E-state index in [1.54, 1.807) is 0 Å².